The van der Waals surface area contributed by atoms with E-state index < -0.39 is 10.8 Å². The highest BCUT2D eigenvalue weighted by Crippen LogP contribution is 2.65. The molecular weight excluding hydrogens is 919 g/mol. The summed E-state index contributed by atoms with van der Waals surface area (Å²) in [6, 6.07) is 86.0. The molecule has 0 saturated carbocycles. The van der Waals surface area contributed by atoms with Crippen molar-refractivity contribution in [3.05, 3.63) is 280 Å². The van der Waals surface area contributed by atoms with Crippen LogP contribution in [0.5, 0.6) is 0 Å². The number of nitrogens with zero attached hydrogens (tertiary/aromatic N) is 1. The van der Waals surface area contributed by atoms with Crippen LogP contribution in [-0.2, 0) is 21.7 Å². The van der Waals surface area contributed by atoms with Gasteiger partial charge in [-0.05, 0) is 161 Å². The van der Waals surface area contributed by atoms with Crippen LogP contribution in [0.15, 0.2) is 244 Å². The zero-order chi connectivity index (χ0) is 49.4. The van der Waals surface area contributed by atoms with Gasteiger partial charge >= 0.3 is 0 Å². The molecule has 0 aromatic heterocycles. The largest absolute Gasteiger partial charge is 0.310 e. The molecule has 0 radical (unpaired) electrons. The van der Waals surface area contributed by atoms with Crippen molar-refractivity contribution < 1.29 is 0 Å². The Morgan fingerprint density at radius 3 is 1.14 bits per heavy atom. The maximum atomic E-state index is 2.57. The van der Waals surface area contributed by atoms with Crippen molar-refractivity contribution in [2.45, 2.75) is 82.8 Å². The first kappa shape index (κ1) is 44.4. The summed E-state index contributed by atoms with van der Waals surface area (Å²) in [5, 5.41) is 0. The van der Waals surface area contributed by atoms with Gasteiger partial charge in [-0.3, -0.25) is 0 Å². The average Bonchev–Trinajstić information content (AvgIpc) is 3.88. The third-order valence-corrected chi connectivity index (χ3v) is 18.6. The molecule has 14 rings (SSSR count). The molecule has 352 valence electrons. The van der Waals surface area contributed by atoms with Gasteiger partial charge in [-0.1, -0.05) is 229 Å². The second kappa shape index (κ2) is 16.1. The average molecular weight is 974 g/mol. The second-order valence-corrected chi connectivity index (χ2v) is 24.6. The van der Waals surface area contributed by atoms with Crippen LogP contribution in [0.1, 0.15) is 97.2 Å². The van der Waals surface area contributed by atoms with E-state index in [-0.39, 0.29) is 10.8 Å². The van der Waals surface area contributed by atoms with Crippen molar-refractivity contribution in [3.8, 4) is 33.4 Å². The Labute approximate surface area is 439 Å². The summed E-state index contributed by atoms with van der Waals surface area (Å²) in [4.78, 5) is 7.79. The second-order valence-electron chi connectivity index (χ2n) is 22.4. The number of anilines is 3. The predicted octanol–water partition coefficient (Wildman–Crippen LogP) is 19.1. The summed E-state index contributed by atoms with van der Waals surface area (Å²) in [6.07, 6.45) is 0. The highest BCUT2D eigenvalue weighted by molar-refractivity contribution is 7.99. The van der Waals surface area contributed by atoms with E-state index in [0.29, 0.717) is 0 Å². The number of rotatable bonds is 4. The molecule has 0 unspecified atom stereocenters. The standard InChI is InChI=1S/C70H55NS2/c1-67(2,3)46-30-38-65-61(40-46)70(62-41-47(68(4,5)6)31-39-66(62)73-65)56-23-13-11-21-52(56)54-37-35-50(43-60(54)70)71(48-32-28-45(29-33-48)44-18-8-7-9-19-44)49-34-36-53-51-20-10-12-22-55(51)69(59(53)42-49)57-24-14-16-26-63(57)72-64-27-17-15-25-58(64)69/h7-43H,1-6H3. The molecule has 0 saturated heterocycles. The van der Waals surface area contributed by atoms with Gasteiger partial charge in [0.25, 0.3) is 0 Å². The minimum Gasteiger partial charge on any atom is -0.310 e. The highest BCUT2D eigenvalue weighted by atomic mass is 32.2. The molecule has 4 aliphatic rings. The van der Waals surface area contributed by atoms with Gasteiger partial charge in [0, 0.05) is 36.6 Å². The van der Waals surface area contributed by atoms with Crippen LogP contribution in [0.4, 0.5) is 17.1 Å². The van der Waals surface area contributed by atoms with Crippen molar-refractivity contribution in [1.29, 1.82) is 0 Å². The van der Waals surface area contributed by atoms with E-state index in [1.807, 2.05) is 23.5 Å². The first-order valence-corrected chi connectivity index (χ1v) is 27.4. The van der Waals surface area contributed by atoms with E-state index in [1.54, 1.807) is 0 Å². The lowest BCUT2D eigenvalue weighted by atomic mass is 9.65. The fraction of sp³-hybridized carbons (Fsp3) is 0.143. The van der Waals surface area contributed by atoms with Crippen molar-refractivity contribution in [3.63, 3.8) is 0 Å². The topological polar surface area (TPSA) is 3.24 Å². The van der Waals surface area contributed by atoms with Gasteiger partial charge in [-0.2, -0.15) is 0 Å². The Balaban J connectivity index is 1.05. The van der Waals surface area contributed by atoms with E-state index in [2.05, 4.69) is 271 Å². The fourth-order valence-corrected chi connectivity index (χ4v) is 15.2. The molecule has 0 N–H and O–H groups in total. The van der Waals surface area contributed by atoms with Crippen molar-refractivity contribution in [2.75, 3.05) is 4.90 Å². The third kappa shape index (κ3) is 6.44. The Kier molecular flexibility index (Phi) is 9.79. The molecule has 0 bridgehead atoms. The van der Waals surface area contributed by atoms with Gasteiger partial charge in [-0.25, -0.2) is 0 Å². The summed E-state index contributed by atoms with van der Waals surface area (Å²) in [7, 11) is 0. The maximum absolute atomic E-state index is 2.57. The molecule has 1 nitrogen and oxygen atoms in total. The fourth-order valence-electron chi connectivity index (χ4n) is 12.9. The van der Waals surface area contributed by atoms with Crippen LogP contribution in [0.3, 0.4) is 0 Å². The molecule has 0 fully saturated rings. The van der Waals surface area contributed by atoms with Crippen LogP contribution in [0.2, 0.25) is 0 Å². The number of fused-ring (bicyclic) bond motifs is 18. The molecule has 2 spiro atoms. The lowest BCUT2D eigenvalue weighted by Gasteiger charge is -2.41. The first-order chi connectivity index (χ1) is 35.4. The smallest absolute Gasteiger partial charge is 0.0736 e. The normalized spacial score (nSPS) is 14.8. The van der Waals surface area contributed by atoms with Crippen LogP contribution < -0.4 is 4.90 Å². The Bertz CT molecular complexity index is 3780. The summed E-state index contributed by atoms with van der Waals surface area (Å²) in [5.74, 6) is 0. The molecule has 73 heavy (non-hydrogen) atoms. The van der Waals surface area contributed by atoms with E-state index >= 15 is 0 Å². The Morgan fingerprint density at radius 2 is 0.658 bits per heavy atom. The van der Waals surface area contributed by atoms with Crippen LogP contribution in [0.25, 0.3) is 33.4 Å². The molecule has 2 aliphatic carbocycles. The zero-order valence-electron chi connectivity index (χ0n) is 42.1. The summed E-state index contributed by atoms with van der Waals surface area (Å²) < 4.78 is 0. The van der Waals surface area contributed by atoms with Crippen LogP contribution in [0, 0.1) is 0 Å². The SMILES string of the molecule is CC(C)(C)c1ccc2c(c1)C1(c3cc(C(C)(C)C)ccc3S2)c2ccccc2-c2ccc(N(c3ccc(-c4ccccc4)cc3)c3ccc4c(c3)C3(c5ccccc5Sc5ccccc53)c3ccccc3-4)cc21. The molecule has 10 aromatic carbocycles. The van der Waals surface area contributed by atoms with Crippen molar-refractivity contribution >= 4 is 40.6 Å². The monoisotopic (exact) mass is 973 g/mol. The van der Waals surface area contributed by atoms with Crippen LogP contribution in [-0.4, -0.2) is 0 Å². The lowest BCUT2D eigenvalue weighted by molar-refractivity contribution is 0.581. The van der Waals surface area contributed by atoms with E-state index in [4.69, 9.17) is 0 Å². The predicted molar refractivity (Wildman–Crippen MR) is 307 cm³/mol. The molecule has 2 heterocycles. The lowest BCUT2D eigenvalue weighted by Crippen LogP contribution is -2.33. The van der Waals surface area contributed by atoms with Crippen LogP contribution >= 0.6 is 23.5 Å². The van der Waals surface area contributed by atoms with Gasteiger partial charge in [0.15, 0.2) is 0 Å². The maximum Gasteiger partial charge on any atom is 0.0736 e. The molecule has 3 heteroatoms. The molecule has 2 aliphatic heterocycles. The van der Waals surface area contributed by atoms with E-state index in [0.717, 1.165) is 17.1 Å². The summed E-state index contributed by atoms with van der Waals surface area (Å²) >= 11 is 3.83. The molecule has 0 amide bonds. The summed E-state index contributed by atoms with van der Waals surface area (Å²) in [6.45, 7) is 14.1. The number of hydrogen-bond acceptors (Lipinski definition) is 3. The molecular formula is C70H55NS2. The van der Waals surface area contributed by atoms with Crippen molar-refractivity contribution in [1.82, 2.24) is 0 Å². The van der Waals surface area contributed by atoms with Gasteiger partial charge < -0.3 is 4.90 Å². The van der Waals surface area contributed by atoms with E-state index in [9.17, 15) is 0 Å². The number of benzene rings is 10. The zero-order valence-corrected chi connectivity index (χ0v) is 43.8. The Morgan fingerprint density at radius 1 is 0.288 bits per heavy atom. The molecule has 0 atom stereocenters. The quantitative estimate of drug-likeness (QED) is 0.173. The summed E-state index contributed by atoms with van der Waals surface area (Å²) in [5.41, 5.74) is 23.3. The number of hydrogen-bond donors (Lipinski definition) is 0. The first-order valence-electron chi connectivity index (χ1n) is 25.7. The van der Waals surface area contributed by atoms with Gasteiger partial charge in [0.05, 0.1) is 10.8 Å². The van der Waals surface area contributed by atoms with Crippen molar-refractivity contribution in [2.24, 2.45) is 0 Å². The Hall–Kier alpha value is -7.30. The van der Waals surface area contributed by atoms with Gasteiger partial charge in [-0.15, -0.1) is 0 Å². The van der Waals surface area contributed by atoms with E-state index in [1.165, 1.54) is 109 Å². The third-order valence-electron chi connectivity index (χ3n) is 16.3. The van der Waals surface area contributed by atoms with Gasteiger partial charge in [0.2, 0.25) is 0 Å². The van der Waals surface area contributed by atoms with Gasteiger partial charge in [0.1, 0.15) is 0 Å². The minimum atomic E-state index is -0.569. The highest BCUT2D eigenvalue weighted by Gasteiger charge is 2.53. The minimum absolute atomic E-state index is 0.0391. The molecule has 10 aromatic rings.